The monoisotopic (exact) mass is 270 g/mol. The Hall–Kier alpha value is -0.910. The molecule has 0 aliphatic heterocycles. The van der Waals surface area contributed by atoms with Gasteiger partial charge in [0.15, 0.2) is 0 Å². The lowest BCUT2D eigenvalue weighted by atomic mass is 10.1. The Balaban J connectivity index is 2.77. The molecule has 1 unspecified atom stereocenters. The molecule has 18 heavy (non-hydrogen) atoms. The number of benzene rings is 1. The molecule has 1 aromatic carbocycles. The first kappa shape index (κ1) is 15.1. The molecule has 1 rings (SSSR count). The van der Waals surface area contributed by atoms with Crippen molar-refractivity contribution in [2.75, 3.05) is 6.54 Å². The van der Waals surface area contributed by atoms with Gasteiger partial charge in [0.25, 0.3) is 0 Å². The van der Waals surface area contributed by atoms with Crippen LogP contribution in [0, 0.1) is 0 Å². The Morgan fingerprint density at radius 3 is 2.39 bits per heavy atom. The molecule has 0 aliphatic carbocycles. The van der Waals surface area contributed by atoms with Crippen LogP contribution in [0.15, 0.2) is 29.2 Å². The van der Waals surface area contributed by atoms with Crippen LogP contribution in [0.3, 0.4) is 0 Å². The molecule has 0 saturated heterocycles. The second-order valence-electron chi connectivity index (χ2n) is 4.47. The summed E-state index contributed by atoms with van der Waals surface area (Å²) in [6.07, 6.45) is 2.57. The van der Waals surface area contributed by atoms with Crippen molar-refractivity contribution in [2.45, 2.75) is 44.0 Å². The van der Waals surface area contributed by atoms with Gasteiger partial charge in [-0.1, -0.05) is 19.1 Å². The number of hydrogen-bond donors (Lipinski definition) is 2. The van der Waals surface area contributed by atoms with Crippen molar-refractivity contribution in [3.63, 3.8) is 0 Å². The van der Waals surface area contributed by atoms with Crippen molar-refractivity contribution in [3.05, 3.63) is 29.8 Å². The second-order valence-corrected chi connectivity index (χ2v) is 6.18. The van der Waals surface area contributed by atoms with Gasteiger partial charge < -0.3 is 5.73 Å². The second kappa shape index (κ2) is 6.87. The first-order valence-corrected chi connectivity index (χ1v) is 7.79. The zero-order valence-electron chi connectivity index (χ0n) is 11.0. The largest absolute Gasteiger partial charge is 0.330 e. The summed E-state index contributed by atoms with van der Waals surface area (Å²) >= 11 is 0. The van der Waals surface area contributed by atoms with Crippen LogP contribution < -0.4 is 10.5 Å². The molecular weight excluding hydrogens is 248 g/mol. The summed E-state index contributed by atoms with van der Waals surface area (Å²) in [6.45, 7) is 4.45. The van der Waals surface area contributed by atoms with Crippen LogP contribution in [-0.2, 0) is 16.4 Å². The van der Waals surface area contributed by atoms with Crippen molar-refractivity contribution < 1.29 is 8.42 Å². The standard InChI is InChI=1S/C13H22N2O2S/c1-3-11(2)15-18(16,17)13-8-6-12(7-9-13)5-4-10-14/h6-9,11,15H,3-5,10,14H2,1-2H3. The van der Waals surface area contributed by atoms with E-state index in [-0.39, 0.29) is 6.04 Å². The summed E-state index contributed by atoms with van der Waals surface area (Å²) in [5, 5.41) is 0. The van der Waals surface area contributed by atoms with Gasteiger partial charge in [-0.25, -0.2) is 13.1 Å². The van der Waals surface area contributed by atoms with Gasteiger partial charge in [0, 0.05) is 6.04 Å². The van der Waals surface area contributed by atoms with Crippen molar-refractivity contribution in [2.24, 2.45) is 5.73 Å². The van der Waals surface area contributed by atoms with E-state index in [0.29, 0.717) is 11.4 Å². The first-order chi connectivity index (χ1) is 8.49. The van der Waals surface area contributed by atoms with Gasteiger partial charge in [-0.2, -0.15) is 0 Å². The molecular formula is C13H22N2O2S. The predicted molar refractivity (Wildman–Crippen MR) is 73.9 cm³/mol. The maximum atomic E-state index is 12.0. The van der Waals surface area contributed by atoms with Gasteiger partial charge >= 0.3 is 0 Å². The van der Waals surface area contributed by atoms with Crippen molar-refractivity contribution >= 4 is 10.0 Å². The number of aryl methyl sites for hydroxylation is 1. The van der Waals surface area contributed by atoms with Gasteiger partial charge in [-0.05, 0) is 50.4 Å². The minimum atomic E-state index is -3.38. The van der Waals surface area contributed by atoms with Gasteiger partial charge in [0.1, 0.15) is 0 Å². The third-order valence-electron chi connectivity index (χ3n) is 2.87. The Morgan fingerprint density at radius 1 is 1.28 bits per heavy atom. The third-order valence-corrected chi connectivity index (χ3v) is 4.48. The highest BCUT2D eigenvalue weighted by molar-refractivity contribution is 7.89. The normalized spacial score (nSPS) is 13.5. The molecule has 4 nitrogen and oxygen atoms in total. The molecule has 1 aromatic rings. The van der Waals surface area contributed by atoms with Gasteiger partial charge in [-0.15, -0.1) is 0 Å². The fraction of sp³-hybridized carbons (Fsp3) is 0.538. The quantitative estimate of drug-likeness (QED) is 0.791. The van der Waals surface area contributed by atoms with E-state index in [2.05, 4.69) is 4.72 Å². The molecule has 0 aliphatic rings. The lowest BCUT2D eigenvalue weighted by Crippen LogP contribution is -2.31. The molecule has 1 atom stereocenters. The van der Waals surface area contributed by atoms with Crippen LogP contribution in [0.2, 0.25) is 0 Å². The van der Waals surface area contributed by atoms with Gasteiger partial charge in [-0.3, -0.25) is 0 Å². The number of hydrogen-bond acceptors (Lipinski definition) is 3. The van der Waals surface area contributed by atoms with E-state index in [9.17, 15) is 8.42 Å². The molecule has 0 heterocycles. The number of rotatable bonds is 7. The molecule has 0 fully saturated rings. The summed E-state index contributed by atoms with van der Waals surface area (Å²) < 4.78 is 26.6. The van der Waals surface area contributed by atoms with E-state index in [1.807, 2.05) is 26.0 Å². The zero-order valence-corrected chi connectivity index (χ0v) is 11.8. The van der Waals surface area contributed by atoms with Crippen molar-refractivity contribution in [3.8, 4) is 0 Å². The van der Waals surface area contributed by atoms with E-state index in [4.69, 9.17) is 5.73 Å². The van der Waals surface area contributed by atoms with Crippen LogP contribution in [0.4, 0.5) is 0 Å². The van der Waals surface area contributed by atoms with Crippen LogP contribution in [-0.4, -0.2) is 21.0 Å². The Bertz CT molecular complexity index is 454. The average Bonchev–Trinajstić information content (AvgIpc) is 2.36. The zero-order chi connectivity index (χ0) is 13.6. The summed E-state index contributed by atoms with van der Waals surface area (Å²) in [5.74, 6) is 0. The van der Waals surface area contributed by atoms with Crippen LogP contribution in [0.1, 0.15) is 32.3 Å². The Kier molecular flexibility index (Phi) is 5.78. The number of nitrogens with two attached hydrogens (primary N) is 1. The minimum Gasteiger partial charge on any atom is -0.330 e. The lowest BCUT2D eigenvalue weighted by molar-refractivity contribution is 0.556. The highest BCUT2D eigenvalue weighted by Gasteiger charge is 2.15. The highest BCUT2D eigenvalue weighted by Crippen LogP contribution is 2.12. The van der Waals surface area contributed by atoms with Crippen LogP contribution in [0.25, 0.3) is 0 Å². The van der Waals surface area contributed by atoms with E-state index in [0.717, 1.165) is 24.8 Å². The van der Waals surface area contributed by atoms with E-state index >= 15 is 0 Å². The number of sulfonamides is 1. The first-order valence-electron chi connectivity index (χ1n) is 6.31. The topological polar surface area (TPSA) is 72.2 Å². The lowest BCUT2D eigenvalue weighted by Gasteiger charge is -2.12. The summed E-state index contributed by atoms with van der Waals surface area (Å²) in [4.78, 5) is 0.319. The summed E-state index contributed by atoms with van der Waals surface area (Å²) in [7, 11) is -3.38. The van der Waals surface area contributed by atoms with Crippen LogP contribution >= 0.6 is 0 Å². The van der Waals surface area contributed by atoms with Gasteiger partial charge in [0.2, 0.25) is 10.0 Å². The fourth-order valence-corrected chi connectivity index (χ4v) is 2.88. The molecule has 5 heteroatoms. The van der Waals surface area contributed by atoms with Crippen LogP contribution in [0.5, 0.6) is 0 Å². The maximum Gasteiger partial charge on any atom is 0.240 e. The Labute approximate surface area is 110 Å². The molecule has 0 spiro atoms. The minimum absolute atomic E-state index is 0.0492. The van der Waals surface area contributed by atoms with E-state index < -0.39 is 10.0 Å². The smallest absolute Gasteiger partial charge is 0.240 e. The molecule has 0 radical (unpaired) electrons. The third kappa shape index (κ3) is 4.40. The molecule has 3 N–H and O–H groups in total. The molecule has 0 saturated carbocycles. The van der Waals surface area contributed by atoms with E-state index in [1.165, 1.54) is 0 Å². The van der Waals surface area contributed by atoms with Crippen molar-refractivity contribution in [1.82, 2.24) is 4.72 Å². The fourth-order valence-electron chi connectivity index (χ4n) is 1.56. The molecule has 0 amide bonds. The Morgan fingerprint density at radius 2 is 1.89 bits per heavy atom. The average molecular weight is 270 g/mol. The SMILES string of the molecule is CCC(C)NS(=O)(=O)c1ccc(CCCN)cc1. The number of nitrogens with one attached hydrogen (secondary N) is 1. The van der Waals surface area contributed by atoms with E-state index in [1.54, 1.807) is 12.1 Å². The predicted octanol–water partition coefficient (Wildman–Crippen LogP) is 1.65. The summed E-state index contributed by atoms with van der Waals surface area (Å²) in [5.41, 5.74) is 6.55. The maximum absolute atomic E-state index is 12.0. The molecule has 0 aromatic heterocycles. The van der Waals surface area contributed by atoms with Gasteiger partial charge in [0.05, 0.1) is 4.90 Å². The summed E-state index contributed by atoms with van der Waals surface area (Å²) in [6, 6.07) is 6.95. The molecule has 102 valence electrons. The highest BCUT2D eigenvalue weighted by atomic mass is 32.2. The van der Waals surface area contributed by atoms with Crippen molar-refractivity contribution in [1.29, 1.82) is 0 Å². The molecule has 0 bridgehead atoms.